The Kier molecular flexibility index (Phi) is 3.24. The molecule has 0 saturated heterocycles. The first-order valence-corrected chi connectivity index (χ1v) is 6.13. The lowest BCUT2D eigenvalue weighted by Gasteiger charge is -2.16. The number of hydrogen-bond acceptors (Lipinski definition) is 4. The van der Waals surface area contributed by atoms with Crippen LogP contribution >= 0.6 is 0 Å². The molecule has 1 rings (SSSR count). The fourth-order valence-corrected chi connectivity index (χ4v) is 2.31. The van der Waals surface area contributed by atoms with Gasteiger partial charge in [0, 0.05) is 0 Å². The summed E-state index contributed by atoms with van der Waals surface area (Å²) in [6.07, 6.45) is 0. The predicted molar refractivity (Wildman–Crippen MR) is 59.9 cm³/mol. The molecule has 0 amide bonds. The fraction of sp³-hybridized carbons (Fsp3) is 0.364. The molecule has 0 aromatic heterocycles. The van der Waals surface area contributed by atoms with Gasteiger partial charge in [-0.3, -0.25) is 0 Å². The summed E-state index contributed by atoms with van der Waals surface area (Å²) in [4.78, 5) is 0.125. The molecule has 5 heteroatoms. The lowest BCUT2D eigenvalue weighted by atomic mass is 10.2. The lowest BCUT2D eigenvalue weighted by molar-refractivity contribution is 0.414. The monoisotopic (exact) mass is 239 g/mol. The number of rotatable bonds is 3. The zero-order chi connectivity index (χ0) is 12.4. The number of nitriles is 1. The molecule has 0 aliphatic rings. The molecule has 0 fully saturated rings. The fourth-order valence-electron chi connectivity index (χ4n) is 1.11. The summed E-state index contributed by atoms with van der Waals surface area (Å²) in [5, 5.41) is 8.84. The Balaban J connectivity index is 3.25. The van der Waals surface area contributed by atoms with Gasteiger partial charge in [-0.1, -0.05) is 0 Å². The van der Waals surface area contributed by atoms with Crippen molar-refractivity contribution in [3.63, 3.8) is 0 Å². The molecule has 16 heavy (non-hydrogen) atoms. The maximum atomic E-state index is 12.0. The first kappa shape index (κ1) is 12.5. The molecule has 0 bridgehead atoms. The van der Waals surface area contributed by atoms with Crippen molar-refractivity contribution in [2.24, 2.45) is 0 Å². The topological polar surface area (TPSA) is 67.2 Å². The van der Waals surface area contributed by atoms with Crippen molar-refractivity contribution in [2.75, 3.05) is 7.11 Å². The molecule has 4 nitrogen and oxygen atoms in total. The lowest BCUT2D eigenvalue weighted by Crippen LogP contribution is -2.29. The second-order valence-electron chi connectivity index (χ2n) is 3.80. The van der Waals surface area contributed by atoms with Crippen molar-refractivity contribution in [1.29, 1.82) is 5.26 Å². The van der Waals surface area contributed by atoms with E-state index in [1.807, 2.05) is 0 Å². The summed E-state index contributed by atoms with van der Waals surface area (Å²) in [6, 6.07) is 7.78. The first-order valence-electron chi connectivity index (χ1n) is 4.65. The molecule has 0 atom stereocenters. The second-order valence-corrected chi connectivity index (χ2v) is 6.30. The minimum absolute atomic E-state index is 0.125. The Morgan fingerprint density at radius 2 is 1.75 bits per heavy atom. The van der Waals surface area contributed by atoms with Crippen LogP contribution in [0.3, 0.4) is 0 Å². The van der Waals surface area contributed by atoms with Crippen LogP contribution in [-0.4, -0.2) is 20.3 Å². The molecule has 0 spiro atoms. The van der Waals surface area contributed by atoms with Crippen molar-refractivity contribution in [1.82, 2.24) is 0 Å². The SMILES string of the molecule is COc1ccc(S(=O)(=O)C(C)(C)C#N)cc1. The van der Waals surface area contributed by atoms with E-state index in [0.29, 0.717) is 5.75 Å². The van der Waals surface area contributed by atoms with Crippen molar-refractivity contribution in [2.45, 2.75) is 23.5 Å². The maximum Gasteiger partial charge on any atom is 0.196 e. The highest BCUT2D eigenvalue weighted by molar-refractivity contribution is 7.93. The summed E-state index contributed by atoms with van der Waals surface area (Å²) in [5.41, 5.74) is 0. The third-order valence-electron chi connectivity index (χ3n) is 2.31. The average molecular weight is 239 g/mol. The molecule has 0 aliphatic heterocycles. The van der Waals surface area contributed by atoms with Gasteiger partial charge in [0.1, 0.15) is 5.75 Å². The molecule has 0 radical (unpaired) electrons. The molecule has 0 aliphatic carbocycles. The van der Waals surface area contributed by atoms with E-state index in [1.165, 1.54) is 33.1 Å². The van der Waals surface area contributed by atoms with Crippen LogP contribution in [-0.2, 0) is 9.84 Å². The van der Waals surface area contributed by atoms with Gasteiger partial charge in [-0.15, -0.1) is 0 Å². The van der Waals surface area contributed by atoms with E-state index < -0.39 is 14.6 Å². The van der Waals surface area contributed by atoms with Gasteiger partial charge in [-0.2, -0.15) is 5.26 Å². The quantitative estimate of drug-likeness (QED) is 0.806. The molecule has 1 aromatic rings. The van der Waals surface area contributed by atoms with Crippen LogP contribution in [0.5, 0.6) is 5.75 Å². The van der Waals surface area contributed by atoms with Crippen LogP contribution in [0.4, 0.5) is 0 Å². The van der Waals surface area contributed by atoms with Crippen molar-refractivity contribution in [3.05, 3.63) is 24.3 Å². The molecular weight excluding hydrogens is 226 g/mol. The van der Waals surface area contributed by atoms with Crippen LogP contribution in [0.15, 0.2) is 29.2 Å². The van der Waals surface area contributed by atoms with E-state index in [4.69, 9.17) is 10.00 Å². The summed E-state index contributed by atoms with van der Waals surface area (Å²) >= 11 is 0. The summed E-state index contributed by atoms with van der Waals surface area (Å²) in [5.74, 6) is 0.578. The molecule has 0 unspecified atom stereocenters. The highest BCUT2D eigenvalue weighted by atomic mass is 32.2. The van der Waals surface area contributed by atoms with Gasteiger partial charge in [0.15, 0.2) is 14.6 Å². The first-order chi connectivity index (χ1) is 7.35. The Hall–Kier alpha value is -1.54. The molecule has 1 aromatic carbocycles. The highest BCUT2D eigenvalue weighted by Gasteiger charge is 2.35. The number of sulfone groups is 1. The normalized spacial score (nSPS) is 11.9. The van der Waals surface area contributed by atoms with Crippen molar-refractivity contribution >= 4 is 9.84 Å². The second kappa shape index (κ2) is 4.14. The molecule has 0 heterocycles. The van der Waals surface area contributed by atoms with Crippen LogP contribution in [0.25, 0.3) is 0 Å². The molecular formula is C11H13NO3S. The minimum atomic E-state index is -3.63. The number of ether oxygens (including phenoxy) is 1. The van der Waals surface area contributed by atoms with E-state index in [0.717, 1.165) is 0 Å². The van der Waals surface area contributed by atoms with Gasteiger partial charge < -0.3 is 4.74 Å². The van der Waals surface area contributed by atoms with Gasteiger partial charge in [-0.05, 0) is 38.1 Å². The van der Waals surface area contributed by atoms with Crippen molar-refractivity contribution < 1.29 is 13.2 Å². The van der Waals surface area contributed by atoms with Crippen molar-refractivity contribution in [3.8, 4) is 11.8 Å². The zero-order valence-electron chi connectivity index (χ0n) is 9.39. The summed E-state index contributed by atoms with van der Waals surface area (Å²) in [7, 11) is -2.13. The van der Waals surface area contributed by atoms with Gasteiger partial charge >= 0.3 is 0 Å². The Morgan fingerprint density at radius 3 is 2.12 bits per heavy atom. The molecule has 0 N–H and O–H groups in total. The average Bonchev–Trinajstić information content (AvgIpc) is 2.29. The minimum Gasteiger partial charge on any atom is -0.497 e. The standard InChI is InChI=1S/C11H13NO3S/c1-11(2,8-12)16(13,14)10-6-4-9(15-3)5-7-10/h4-7H,1-3H3. The van der Waals surface area contributed by atoms with E-state index in [1.54, 1.807) is 18.2 Å². The highest BCUT2D eigenvalue weighted by Crippen LogP contribution is 2.26. The smallest absolute Gasteiger partial charge is 0.196 e. The zero-order valence-corrected chi connectivity index (χ0v) is 10.2. The van der Waals surface area contributed by atoms with Crippen LogP contribution in [0.2, 0.25) is 0 Å². The maximum absolute atomic E-state index is 12.0. The van der Waals surface area contributed by atoms with Crippen LogP contribution in [0.1, 0.15) is 13.8 Å². The van der Waals surface area contributed by atoms with E-state index >= 15 is 0 Å². The van der Waals surface area contributed by atoms with E-state index in [9.17, 15) is 8.42 Å². The number of nitrogens with zero attached hydrogens (tertiary/aromatic N) is 1. The number of hydrogen-bond donors (Lipinski definition) is 0. The van der Waals surface area contributed by atoms with Gasteiger partial charge in [0.2, 0.25) is 0 Å². The Bertz CT molecular complexity index is 509. The van der Waals surface area contributed by atoms with Gasteiger partial charge in [0.25, 0.3) is 0 Å². The predicted octanol–water partition coefficient (Wildman–Crippen LogP) is 1.77. The largest absolute Gasteiger partial charge is 0.497 e. The van der Waals surface area contributed by atoms with Crippen LogP contribution in [0, 0.1) is 11.3 Å². The number of benzene rings is 1. The third kappa shape index (κ3) is 2.02. The summed E-state index contributed by atoms with van der Waals surface area (Å²) in [6.45, 7) is 2.76. The molecule has 86 valence electrons. The Labute approximate surface area is 95.4 Å². The third-order valence-corrected chi connectivity index (χ3v) is 4.64. The van der Waals surface area contributed by atoms with Gasteiger partial charge in [0.05, 0.1) is 18.1 Å². The van der Waals surface area contributed by atoms with E-state index in [-0.39, 0.29) is 4.90 Å². The van der Waals surface area contributed by atoms with Gasteiger partial charge in [-0.25, -0.2) is 8.42 Å². The van der Waals surface area contributed by atoms with E-state index in [2.05, 4.69) is 0 Å². The number of methoxy groups -OCH3 is 1. The van der Waals surface area contributed by atoms with Crippen LogP contribution < -0.4 is 4.74 Å². The molecule has 0 saturated carbocycles. The summed E-state index contributed by atoms with van der Waals surface area (Å²) < 4.78 is 27.5. The Morgan fingerprint density at radius 1 is 1.25 bits per heavy atom.